The van der Waals surface area contributed by atoms with Crippen LogP contribution in [0.2, 0.25) is 0 Å². The quantitative estimate of drug-likeness (QED) is 0.778. The van der Waals surface area contributed by atoms with Crippen molar-refractivity contribution in [1.29, 1.82) is 0 Å². The van der Waals surface area contributed by atoms with Gasteiger partial charge in [-0.05, 0) is 44.0 Å². The number of benzene rings is 1. The predicted molar refractivity (Wildman–Crippen MR) is 92.0 cm³/mol. The highest BCUT2D eigenvalue weighted by molar-refractivity contribution is 7.89. The van der Waals surface area contributed by atoms with E-state index < -0.39 is 22.6 Å². The second kappa shape index (κ2) is 7.62. The SMILES string of the molecule is Cc1ccc(CNS(=O)(=O)c2ccc(C)c(OCC(=O)O)c2C)nc1. The fourth-order valence-corrected chi connectivity index (χ4v) is 3.54. The number of sulfonamides is 1. The lowest BCUT2D eigenvalue weighted by Crippen LogP contribution is -2.25. The molecule has 25 heavy (non-hydrogen) atoms. The summed E-state index contributed by atoms with van der Waals surface area (Å²) in [6.45, 7) is 4.73. The normalized spacial score (nSPS) is 11.3. The second-order valence-corrected chi connectivity index (χ2v) is 7.40. The molecule has 1 aromatic carbocycles. The fraction of sp³-hybridized carbons (Fsp3) is 0.294. The number of rotatable bonds is 7. The number of aliphatic carboxylic acids is 1. The maximum absolute atomic E-state index is 12.6. The Bertz CT molecular complexity index is 877. The number of nitrogens with zero attached hydrogens (tertiary/aromatic N) is 1. The Kier molecular flexibility index (Phi) is 5.76. The van der Waals surface area contributed by atoms with E-state index in [1.165, 1.54) is 6.07 Å². The van der Waals surface area contributed by atoms with E-state index in [2.05, 4.69) is 9.71 Å². The van der Waals surface area contributed by atoms with E-state index in [4.69, 9.17) is 9.84 Å². The first-order chi connectivity index (χ1) is 11.7. The molecule has 2 N–H and O–H groups in total. The van der Waals surface area contributed by atoms with Gasteiger partial charge in [0.05, 0.1) is 17.1 Å². The smallest absolute Gasteiger partial charge is 0.341 e. The summed E-state index contributed by atoms with van der Waals surface area (Å²) in [6.07, 6.45) is 1.67. The van der Waals surface area contributed by atoms with Gasteiger partial charge in [-0.2, -0.15) is 0 Å². The summed E-state index contributed by atoms with van der Waals surface area (Å²) >= 11 is 0. The molecule has 0 aliphatic carbocycles. The molecule has 0 spiro atoms. The number of nitrogens with one attached hydrogen (secondary N) is 1. The molecule has 0 amide bonds. The number of aromatic nitrogens is 1. The van der Waals surface area contributed by atoms with Crippen LogP contribution in [0.5, 0.6) is 5.75 Å². The third-order valence-electron chi connectivity index (χ3n) is 3.60. The molecule has 134 valence electrons. The summed E-state index contributed by atoms with van der Waals surface area (Å²) in [5.74, 6) is -0.866. The van der Waals surface area contributed by atoms with Gasteiger partial charge < -0.3 is 9.84 Å². The van der Waals surface area contributed by atoms with Gasteiger partial charge in [-0.3, -0.25) is 4.98 Å². The Morgan fingerprint density at radius 3 is 2.52 bits per heavy atom. The average molecular weight is 364 g/mol. The van der Waals surface area contributed by atoms with Gasteiger partial charge in [-0.25, -0.2) is 17.9 Å². The van der Waals surface area contributed by atoms with Gasteiger partial charge in [0, 0.05) is 11.8 Å². The monoisotopic (exact) mass is 364 g/mol. The molecule has 8 heteroatoms. The van der Waals surface area contributed by atoms with Crippen LogP contribution in [0.4, 0.5) is 0 Å². The molecule has 1 aromatic heterocycles. The Morgan fingerprint density at radius 1 is 1.20 bits per heavy atom. The molecule has 2 rings (SSSR count). The number of ether oxygens (including phenoxy) is 1. The van der Waals surface area contributed by atoms with Gasteiger partial charge in [0.1, 0.15) is 5.75 Å². The highest BCUT2D eigenvalue weighted by Crippen LogP contribution is 2.29. The molecular weight excluding hydrogens is 344 g/mol. The molecule has 0 unspecified atom stereocenters. The van der Waals surface area contributed by atoms with Gasteiger partial charge in [-0.1, -0.05) is 12.1 Å². The van der Waals surface area contributed by atoms with Gasteiger partial charge in [0.2, 0.25) is 10.0 Å². The highest BCUT2D eigenvalue weighted by atomic mass is 32.2. The molecule has 0 saturated carbocycles. The molecule has 0 radical (unpaired) electrons. The fourth-order valence-electron chi connectivity index (χ4n) is 2.31. The van der Waals surface area contributed by atoms with Gasteiger partial charge in [-0.15, -0.1) is 0 Å². The van der Waals surface area contributed by atoms with Gasteiger partial charge in [0.15, 0.2) is 6.61 Å². The number of hydrogen-bond acceptors (Lipinski definition) is 5. The van der Waals surface area contributed by atoms with Gasteiger partial charge >= 0.3 is 5.97 Å². The molecule has 0 saturated heterocycles. The van der Waals surface area contributed by atoms with Crippen molar-refractivity contribution in [2.24, 2.45) is 0 Å². The molecule has 0 aliphatic heterocycles. The van der Waals surface area contributed by atoms with E-state index in [9.17, 15) is 13.2 Å². The first kappa shape index (κ1) is 18.9. The van der Waals surface area contributed by atoms with Crippen molar-refractivity contribution in [2.45, 2.75) is 32.2 Å². The lowest BCUT2D eigenvalue weighted by molar-refractivity contribution is -0.139. The molecule has 1 heterocycles. The zero-order valence-corrected chi connectivity index (χ0v) is 15.1. The van der Waals surface area contributed by atoms with Crippen LogP contribution < -0.4 is 9.46 Å². The third kappa shape index (κ3) is 4.77. The van der Waals surface area contributed by atoms with Crippen LogP contribution in [0.3, 0.4) is 0 Å². The van der Waals surface area contributed by atoms with Crippen molar-refractivity contribution in [1.82, 2.24) is 9.71 Å². The largest absolute Gasteiger partial charge is 0.481 e. The predicted octanol–water partition coefficient (Wildman–Crippen LogP) is 1.95. The zero-order valence-electron chi connectivity index (χ0n) is 14.2. The first-order valence-electron chi connectivity index (χ1n) is 7.56. The number of aryl methyl sites for hydroxylation is 2. The van der Waals surface area contributed by atoms with Crippen LogP contribution in [-0.4, -0.2) is 31.1 Å². The highest BCUT2D eigenvalue weighted by Gasteiger charge is 2.21. The third-order valence-corrected chi connectivity index (χ3v) is 5.14. The van der Waals surface area contributed by atoms with E-state index in [1.807, 2.05) is 13.0 Å². The van der Waals surface area contributed by atoms with Crippen LogP contribution in [0.1, 0.15) is 22.4 Å². The number of carboxylic acids is 1. The van der Waals surface area contributed by atoms with Crippen molar-refractivity contribution in [3.63, 3.8) is 0 Å². The molecule has 0 atom stereocenters. The van der Waals surface area contributed by atoms with Gasteiger partial charge in [0.25, 0.3) is 0 Å². The average Bonchev–Trinajstić information content (AvgIpc) is 2.53. The van der Waals surface area contributed by atoms with Crippen LogP contribution >= 0.6 is 0 Å². The van der Waals surface area contributed by atoms with E-state index in [0.717, 1.165) is 5.56 Å². The van der Waals surface area contributed by atoms with E-state index in [1.54, 1.807) is 32.2 Å². The molecule has 7 nitrogen and oxygen atoms in total. The van der Waals surface area contributed by atoms with E-state index in [0.29, 0.717) is 16.8 Å². The van der Waals surface area contributed by atoms with Crippen LogP contribution in [-0.2, 0) is 21.4 Å². The Hall–Kier alpha value is -2.45. The topological polar surface area (TPSA) is 106 Å². The Labute approximate surface area is 146 Å². The zero-order chi connectivity index (χ0) is 18.6. The van der Waals surface area contributed by atoms with Crippen LogP contribution in [0, 0.1) is 20.8 Å². The van der Waals surface area contributed by atoms with Crippen molar-refractivity contribution in [3.8, 4) is 5.75 Å². The molecule has 0 bridgehead atoms. The first-order valence-corrected chi connectivity index (χ1v) is 9.05. The number of pyridine rings is 1. The minimum atomic E-state index is -3.79. The minimum Gasteiger partial charge on any atom is -0.481 e. The van der Waals surface area contributed by atoms with Crippen LogP contribution in [0.15, 0.2) is 35.4 Å². The summed E-state index contributed by atoms with van der Waals surface area (Å²) in [4.78, 5) is 14.9. The summed E-state index contributed by atoms with van der Waals surface area (Å²) in [5.41, 5.74) is 2.62. The van der Waals surface area contributed by atoms with E-state index >= 15 is 0 Å². The lowest BCUT2D eigenvalue weighted by Gasteiger charge is -2.15. The molecule has 0 aliphatic rings. The van der Waals surface area contributed by atoms with Crippen molar-refractivity contribution < 1.29 is 23.1 Å². The summed E-state index contributed by atoms with van der Waals surface area (Å²) in [6, 6.07) is 6.67. The van der Waals surface area contributed by atoms with Crippen molar-refractivity contribution in [3.05, 3.63) is 52.8 Å². The molecular formula is C17H20N2O5S. The number of carbonyl (C=O) groups is 1. The minimum absolute atomic E-state index is 0.0469. The number of carboxylic acid groups (broad SMARTS) is 1. The van der Waals surface area contributed by atoms with E-state index in [-0.39, 0.29) is 17.2 Å². The van der Waals surface area contributed by atoms with Crippen molar-refractivity contribution in [2.75, 3.05) is 6.61 Å². The standard InChI is InChI=1S/C17H20N2O5S/c1-11-4-6-14(18-8-11)9-19-25(22,23)15-7-5-12(2)17(13(15)3)24-10-16(20)21/h4-8,19H,9-10H2,1-3H3,(H,20,21). The summed E-state index contributed by atoms with van der Waals surface area (Å²) in [5, 5.41) is 8.75. The number of hydrogen-bond donors (Lipinski definition) is 2. The maximum atomic E-state index is 12.6. The van der Waals surface area contributed by atoms with Crippen LogP contribution in [0.25, 0.3) is 0 Å². The Balaban J connectivity index is 2.24. The molecule has 2 aromatic rings. The van der Waals surface area contributed by atoms with Crippen molar-refractivity contribution >= 4 is 16.0 Å². The lowest BCUT2D eigenvalue weighted by atomic mass is 10.1. The molecule has 0 fully saturated rings. The second-order valence-electron chi connectivity index (χ2n) is 5.67. The Morgan fingerprint density at radius 2 is 1.92 bits per heavy atom. The summed E-state index contributed by atoms with van der Waals surface area (Å²) in [7, 11) is -3.79. The maximum Gasteiger partial charge on any atom is 0.341 e. The summed E-state index contributed by atoms with van der Waals surface area (Å²) < 4.78 is 32.9.